The molecule has 4 heteroatoms. The molecule has 1 unspecified atom stereocenters. The second-order valence-corrected chi connectivity index (χ2v) is 3.62. The van der Waals surface area contributed by atoms with Crippen LogP contribution in [0.3, 0.4) is 0 Å². The molecule has 0 saturated carbocycles. The molecule has 0 spiro atoms. The van der Waals surface area contributed by atoms with E-state index in [1.54, 1.807) is 6.20 Å². The molecule has 0 radical (unpaired) electrons. The summed E-state index contributed by atoms with van der Waals surface area (Å²) in [5, 5.41) is 3.37. The molecule has 1 aliphatic rings. The molecule has 1 atom stereocenters. The van der Waals surface area contributed by atoms with Gasteiger partial charge in [-0.1, -0.05) is 0 Å². The van der Waals surface area contributed by atoms with E-state index in [0.717, 1.165) is 17.0 Å². The molecule has 0 aliphatic carbocycles. The minimum Gasteiger partial charge on any atom is -0.335 e. The van der Waals surface area contributed by atoms with Gasteiger partial charge in [-0.15, -0.1) is 0 Å². The predicted octanol–water partition coefficient (Wildman–Crippen LogP) is 1.60. The summed E-state index contributed by atoms with van der Waals surface area (Å²) in [7, 11) is 0. The standard InChI is InChI=1S/C7H10BrN3/c8-6-4-10-7(11-6)5-2-1-3-9-5/h4-5,9H,1-3H2,(H,10,11). The number of aromatic nitrogens is 2. The Bertz CT molecular complexity index is 240. The molecule has 2 heterocycles. The summed E-state index contributed by atoms with van der Waals surface area (Å²) in [6.07, 6.45) is 4.25. The third kappa shape index (κ3) is 1.46. The van der Waals surface area contributed by atoms with E-state index in [9.17, 15) is 0 Å². The van der Waals surface area contributed by atoms with E-state index in [4.69, 9.17) is 0 Å². The van der Waals surface area contributed by atoms with Gasteiger partial charge in [0.2, 0.25) is 0 Å². The molecule has 3 nitrogen and oxygen atoms in total. The zero-order valence-electron chi connectivity index (χ0n) is 6.10. The van der Waals surface area contributed by atoms with Crippen molar-refractivity contribution in [2.75, 3.05) is 6.54 Å². The Morgan fingerprint density at radius 3 is 3.09 bits per heavy atom. The summed E-state index contributed by atoms with van der Waals surface area (Å²) in [5.41, 5.74) is 0. The maximum absolute atomic E-state index is 4.23. The molecule has 2 rings (SSSR count). The first-order chi connectivity index (χ1) is 5.36. The van der Waals surface area contributed by atoms with Gasteiger partial charge in [0, 0.05) is 0 Å². The normalized spacial score (nSPS) is 24.3. The van der Waals surface area contributed by atoms with Crippen LogP contribution in [0.15, 0.2) is 10.8 Å². The van der Waals surface area contributed by atoms with E-state index < -0.39 is 0 Å². The number of nitrogens with one attached hydrogen (secondary N) is 2. The molecule has 1 fully saturated rings. The first-order valence-corrected chi connectivity index (χ1v) is 4.59. The van der Waals surface area contributed by atoms with Crippen molar-refractivity contribution >= 4 is 15.9 Å². The minimum atomic E-state index is 0.446. The van der Waals surface area contributed by atoms with Crippen molar-refractivity contribution in [2.45, 2.75) is 18.9 Å². The molecule has 0 aromatic carbocycles. The topological polar surface area (TPSA) is 40.7 Å². The van der Waals surface area contributed by atoms with E-state index in [1.807, 2.05) is 0 Å². The third-order valence-electron chi connectivity index (χ3n) is 1.95. The van der Waals surface area contributed by atoms with Gasteiger partial charge in [-0.2, -0.15) is 0 Å². The zero-order chi connectivity index (χ0) is 7.68. The van der Waals surface area contributed by atoms with Crippen LogP contribution in [0.25, 0.3) is 0 Å². The van der Waals surface area contributed by atoms with Crippen LogP contribution in [-0.4, -0.2) is 16.5 Å². The number of aromatic amines is 1. The quantitative estimate of drug-likeness (QED) is 0.748. The van der Waals surface area contributed by atoms with Crippen LogP contribution in [0.2, 0.25) is 0 Å². The molecule has 0 amide bonds. The van der Waals surface area contributed by atoms with Gasteiger partial charge >= 0.3 is 0 Å². The number of imidazole rings is 1. The fourth-order valence-electron chi connectivity index (χ4n) is 1.41. The van der Waals surface area contributed by atoms with E-state index in [1.165, 1.54) is 12.8 Å². The Morgan fingerprint density at radius 2 is 2.55 bits per heavy atom. The van der Waals surface area contributed by atoms with Crippen LogP contribution in [0.4, 0.5) is 0 Å². The maximum atomic E-state index is 4.23. The summed E-state index contributed by atoms with van der Waals surface area (Å²) < 4.78 is 0.959. The molecule has 60 valence electrons. The van der Waals surface area contributed by atoms with Crippen LogP contribution in [0.1, 0.15) is 24.7 Å². The van der Waals surface area contributed by atoms with Gasteiger partial charge in [0.15, 0.2) is 0 Å². The van der Waals surface area contributed by atoms with Gasteiger partial charge < -0.3 is 10.3 Å². The molecule has 1 aromatic heterocycles. The number of rotatable bonds is 1. The number of nitrogens with zero attached hydrogens (tertiary/aromatic N) is 1. The molecular weight excluding hydrogens is 206 g/mol. The maximum Gasteiger partial charge on any atom is 0.124 e. The van der Waals surface area contributed by atoms with Gasteiger partial charge in [-0.3, -0.25) is 0 Å². The lowest BCUT2D eigenvalue weighted by Gasteiger charge is -2.04. The molecule has 0 bridgehead atoms. The van der Waals surface area contributed by atoms with Crippen molar-refractivity contribution < 1.29 is 0 Å². The molecule has 1 aliphatic heterocycles. The molecule has 1 saturated heterocycles. The van der Waals surface area contributed by atoms with Crippen LogP contribution < -0.4 is 5.32 Å². The van der Waals surface area contributed by atoms with E-state index in [2.05, 4.69) is 31.2 Å². The van der Waals surface area contributed by atoms with Gasteiger partial charge in [0.25, 0.3) is 0 Å². The lowest BCUT2D eigenvalue weighted by molar-refractivity contribution is 0.612. The van der Waals surface area contributed by atoms with Gasteiger partial charge in [0.05, 0.1) is 12.2 Å². The first kappa shape index (κ1) is 7.31. The smallest absolute Gasteiger partial charge is 0.124 e. The highest BCUT2D eigenvalue weighted by Gasteiger charge is 2.18. The van der Waals surface area contributed by atoms with Crippen LogP contribution in [0.5, 0.6) is 0 Å². The van der Waals surface area contributed by atoms with Crippen LogP contribution in [-0.2, 0) is 0 Å². The predicted molar refractivity (Wildman–Crippen MR) is 46.3 cm³/mol. The molecule has 11 heavy (non-hydrogen) atoms. The molecule has 1 aromatic rings. The van der Waals surface area contributed by atoms with Crippen molar-refractivity contribution in [3.8, 4) is 0 Å². The SMILES string of the molecule is Brc1cnc(C2CCCN2)[nH]1. The average molecular weight is 216 g/mol. The second-order valence-electron chi connectivity index (χ2n) is 2.77. The van der Waals surface area contributed by atoms with E-state index in [-0.39, 0.29) is 0 Å². The van der Waals surface area contributed by atoms with Crippen molar-refractivity contribution in [3.05, 3.63) is 16.6 Å². The van der Waals surface area contributed by atoms with Crippen molar-refractivity contribution in [3.63, 3.8) is 0 Å². The first-order valence-electron chi connectivity index (χ1n) is 3.80. The summed E-state index contributed by atoms with van der Waals surface area (Å²) in [6.45, 7) is 1.11. The lowest BCUT2D eigenvalue weighted by Crippen LogP contribution is -2.13. The number of hydrogen-bond acceptors (Lipinski definition) is 2. The van der Waals surface area contributed by atoms with Crippen LogP contribution in [0, 0.1) is 0 Å². The Morgan fingerprint density at radius 1 is 1.64 bits per heavy atom. The summed E-state index contributed by atoms with van der Waals surface area (Å²) in [5.74, 6) is 1.05. The highest BCUT2D eigenvalue weighted by Crippen LogP contribution is 2.21. The fraction of sp³-hybridized carbons (Fsp3) is 0.571. The molecular formula is C7H10BrN3. The Hall–Kier alpha value is -0.350. The minimum absolute atomic E-state index is 0.446. The molecule has 2 N–H and O–H groups in total. The van der Waals surface area contributed by atoms with Crippen LogP contribution >= 0.6 is 15.9 Å². The van der Waals surface area contributed by atoms with Crippen molar-refractivity contribution in [1.29, 1.82) is 0 Å². The summed E-state index contributed by atoms with van der Waals surface area (Å²) in [4.78, 5) is 7.39. The Kier molecular flexibility index (Phi) is 1.96. The van der Waals surface area contributed by atoms with E-state index >= 15 is 0 Å². The fourth-order valence-corrected chi connectivity index (χ4v) is 1.71. The highest BCUT2D eigenvalue weighted by molar-refractivity contribution is 9.10. The van der Waals surface area contributed by atoms with E-state index in [0.29, 0.717) is 6.04 Å². The summed E-state index contributed by atoms with van der Waals surface area (Å²) in [6, 6.07) is 0.446. The van der Waals surface area contributed by atoms with Gasteiger partial charge in [-0.05, 0) is 35.3 Å². The van der Waals surface area contributed by atoms with Gasteiger partial charge in [-0.25, -0.2) is 4.98 Å². The average Bonchev–Trinajstić information content (AvgIpc) is 2.55. The van der Waals surface area contributed by atoms with Crippen molar-refractivity contribution in [2.24, 2.45) is 0 Å². The number of halogens is 1. The lowest BCUT2D eigenvalue weighted by atomic mass is 10.2. The Labute approximate surface area is 73.7 Å². The summed E-state index contributed by atoms with van der Waals surface area (Å²) >= 11 is 3.33. The number of hydrogen-bond donors (Lipinski definition) is 2. The monoisotopic (exact) mass is 215 g/mol. The Balaban J connectivity index is 2.15. The largest absolute Gasteiger partial charge is 0.335 e. The van der Waals surface area contributed by atoms with Gasteiger partial charge in [0.1, 0.15) is 10.4 Å². The zero-order valence-corrected chi connectivity index (χ0v) is 7.69. The second kappa shape index (κ2) is 2.95. The number of H-pyrrole nitrogens is 1. The van der Waals surface area contributed by atoms with Crippen molar-refractivity contribution in [1.82, 2.24) is 15.3 Å². The highest BCUT2D eigenvalue weighted by atomic mass is 79.9. The third-order valence-corrected chi connectivity index (χ3v) is 2.36.